The Balaban J connectivity index is 2.05. The fourth-order valence-electron chi connectivity index (χ4n) is 2.92. The number of ether oxygens (including phenoxy) is 1. The van der Waals surface area contributed by atoms with E-state index in [1.165, 1.54) is 20.0 Å². The third-order valence-corrected chi connectivity index (χ3v) is 4.05. The number of benzene rings is 1. The number of rotatable bonds is 4. The molecular formula is C16H25N3O2. The van der Waals surface area contributed by atoms with Crippen molar-refractivity contribution in [2.75, 3.05) is 51.5 Å². The summed E-state index contributed by atoms with van der Waals surface area (Å²) in [5.74, 6) is 0.377. The van der Waals surface area contributed by atoms with Gasteiger partial charge < -0.3 is 20.3 Å². The topological polar surface area (TPSA) is 58.8 Å². The van der Waals surface area contributed by atoms with Gasteiger partial charge in [0.05, 0.1) is 12.7 Å². The summed E-state index contributed by atoms with van der Waals surface area (Å²) >= 11 is 0. The van der Waals surface area contributed by atoms with E-state index in [2.05, 4.69) is 23.9 Å². The maximum Gasteiger partial charge on any atom is 0.340 e. The van der Waals surface area contributed by atoms with Crippen molar-refractivity contribution in [2.24, 2.45) is 5.92 Å². The molecule has 1 fully saturated rings. The monoisotopic (exact) mass is 291 g/mol. The normalized spacial score (nSPS) is 16.3. The van der Waals surface area contributed by atoms with Gasteiger partial charge in [-0.05, 0) is 51.1 Å². The van der Waals surface area contributed by atoms with Crippen molar-refractivity contribution in [1.82, 2.24) is 4.90 Å². The summed E-state index contributed by atoms with van der Waals surface area (Å²) in [6.45, 7) is 3.18. The fraction of sp³-hybridized carbons (Fsp3) is 0.562. The molecule has 21 heavy (non-hydrogen) atoms. The Labute approximate surface area is 126 Å². The number of carbonyl (C=O) groups is 1. The second-order valence-electron chi connectivity index (χ2n) is 5.96. The molecule has 0 unspecified atom stereocenters. The van der Waals surface area contributed by atoms with E-state index in [0.717, 1.165) is 31.2 Å². The van der Waals surface area contributed by atoms with E-state index in [-0.39, 0.29) is 5.97 Å². The minimum atomic E-state index is -0.378. The second-order valence-corrected chi connectivity index (χ2v) is 5.96. The van der Waals surface area contributed by atoms with Crippen molar-refractivity contribution in [3.05, 3.63) is 23.8 Å². The van der Waals surface area contributed by atoms with Crippen LogP contribution < -0.4 is 10.6 Å². The number of anilines is 2. The lowest BCUT2D eigenvalue weighted by molar-refractivity contribution is 0.0602. The molecule has 5 nitrogen and oxygen atoms in total. The van der Waals surface area contributed by atoms with Gasteiger partial charge in [0.15, 0.2) is 0 Å². The first-order valence-electron chi connectivity index (χ1n) is 7.38. The number of nitrogens with two attached hydrogens (primary N) is 1. The first kappa shape index (κ1) is 15.6. The highest BCUT2D eigenvalue weighted by Gasteiger charge is 2.21. The number of carbonyl (C=O) groups excluding carboxylic acids is 1. The van der Waals surface area contributed by atoms with Crippen LogP contribution in [0.4, 0.5) is 11.4 Å². The number of hydrogen-bond donors (Lipinski definition) is 1. The molecule has 2 rings (SSSR count). The van der Waals surface area contributed by atoms with Gasteiger partial charge >= 0.3 is 5.97 Å². The van der Waals surface area contributed by atoms with Crippen LogP contribution in [0.25, 0.3) is 0 Å². The predicted molar refractivity (Wildman–Crippen MR) is 85.7 cm³/mol. The van der Waals surface area contributed by atoms with E-state index in [1.807, 2.05) is 12.1 Å². The van der Waals surface area contributed by atoms with Crippen molar-refractivity contribution >= 4 is 17.3 Å². The highest BCUT2D eigenvalue weighted by molar-refractivity contribution is 5.96. The van der Waals surface area contributed by atoms with E-state index >= 15 is 0 Å². The maximum absolute atomic E-state index is 11.7. The van der Waals surface area contributed by atoms with Crippen LogP contribution in [-0.4, -0.2) is 51.7 Å². The van der Waals surface area contributed by atoms with Crippen LogP contribution in [0.15, 0.2) is 18.2 Å². The maximum atomic E-state index is 11.7. The fourth-order valence-corrected chi connectivity index (χ4v) is 2.92. The third kappa shape index (κ3) is 3.88. The zero-order valence-electron chi connectivity index (χ0n) is 13.1. The molecule has 0 aromatic heterocycles. The summed E-state index contributed by atoms with van der Waals surface area (Å²) in [7, 11) is 5.62. The molecule has 0 saturated carbocycles. The Morgan fingerprint density at radius 3 is 2.62 bits per heavy atom. The minimum absolute atomic E-state index is 0.378. The lowest BCUT2D eigenvalue weighted by atomic mass is 9.96. The molecule has 0 bridgehead atoms. The van der Waals surface area contributed by atoms with Crippen molar-refractivity contribution in [2.45, 2.75) is 12.8 Å². The summed E-state index contributed by atoms with van der Waals surface area (Å²) in [5.41, 5.74) is 7.81. The third-order valence-electron chi connectivity index (χ3n) is 4.05. The van der Waals surface area contributed by atoms with Gasteiger partial charge in [0, 0.05) is 31.0 Å². The van der Waals surface area contributed by atoms with Crippen LogP contribution in [0, 0.1) is 5.92 Å². The summed E-state index contributed by atoms with van der Waals surface area (Å²) in [6, 6.07) is 5.61. The van der Waals surface area contributed by atoms with Crippen LogP contribution in [0.5, 0.6) is 0 Å². The van der Waals surface area contributed by atoms with E-state index in [4.69, 9.17) is 10.5 Å². The van der Waals surface area contributed by atoms with Crippen LogP contribution in [-0.2, 0) is 4.74 Å². The van der Waals surface area contributed by atoms with Gasteiger partial charge in [-0.3, -0.25) is 0 Å². The molecule has 1 aromatic rings. The molecule has 1 heterocycles. The summed E-state index contributed by atoms with van der Waals surface area (Å²) in [6.07, 6.45) is 2.35. The van der Waals surface area contributed by atoms with Crippen molar-refractivity contribution in [3.8, 4) is 0 Å². The second kappa shape index (κ2) is 6.80. The van der Waals surface area contributed by atoms with Crippen LogP contribution >= 0.6 is 0 Å². The molecule has 1 saturated heterocycles. The van der Waals surface area contributed by atoms with Gasteiger partial charge in [0.2, 0.25) is 0 Å². The number of nitrogens with zero attached hydrogens (tertiary/aromatic N) is 2. The Kier molecular flexibility index (Phi) is 5.07. The molecule has 1 aromatic carbocycles. The average molecular weight is 291 g/mol. The SMILES string of the molecule is COC(=O)c1cc(N2CCC(CN(C)C)CC2)ccc1N. The highest BCUT2D eigenvalue weighted by Crippen LogP contribution is 2.26. The lowest BCUT2D eigenvalue weighted by Gasteiger charge is -2.35. The molecule has 5 heteroatoms. The largest absolute Gasteiger partial charge is 0.465 e. The van der Waals surface area contributed by atoms with E-state index in [0.29, 0.717) is 11.3 Å². The van der Waals surface area contributed by atoms with Crippen LogP contribution in [0.2, 0.25) is 0 Å². The Hall–Kier alpha value is -1.75. The molecule has 0 atom stereocenters. The first-order chi connectivity index (χ1) is 10.0. The molecule has 2 N–H and O–H groups in total. The van der Waals surface area contributed by atoms with Crippen molar-refractivity contribution < 1.29 is 9.53 Å². The molecule has 0 spiro atoms. The molecule has 0 amide bonds. The molecule has 0 aliphatic carbocycles. The quantitative estimate of drug-likeness (QED) is 0.677. The van der Waals surface area contributed by atoms with Gasteiger partial charge in [-0.25, -0.2) is 4.79 Å². The molecular weight excluding hydrogens is 266 g/mol. The Morgan fingerprint density at radius 2 is 2.05 bits per heavy atom. The number of methoxy groups -OCH3 is 1. The zero-order valence-corrected chi connectivity index (χ0v) is 13.1. The molecule has 1 aliphatic heterocycles. The summed E-state index contributed by atoms with van der Waals surface area (Å²) < 4.78 is 4.78. The summed E-state index contributed by atoms with van der Waals surface area (Å²) in [4.78, 5) is 16.3. The smallest absolute Gasteiger partial charge is 0.340 e. The zero-order chi connectivity index (χ0) is 15.4. The average Bonchev–Trinajstić information content (AvgIpc) is 2.47. The van der Waals surface area contributed by atoms with E-state index in [1.54, 1.807) is 6.07 Å². The molecule has 116 valence electrons. The van der Waals surface area contributed by atoms with Crippen LogP contribution in [0.3, 0.4) is 0 Å². The van der Waals surface area contributed by atoms with Gasteiger partial charge in [-0.2, -0.15) is 0 Å². The van der Waals surface area contributed by atoms with Gasteiger partial charge in [0.1, 0.15) is 0 Å². The Morgan fingerprint density at radius 1 is 1.38 bits per heavy atom. The summed E-state index contributed by atoms with van der Waals surface area (Å²) in [5, 5.41) is 0. The molecule has 1 aliphatic rings. The molecule has 0 radical (unpaired) electrons. The number of piperidine rings is 1. The van der Waals surface area contributed by atoms with E-state index in [9.17, 15) is 4.79 Å². The van der Waals surface area contributed by atoms with Gasteiger partial charge in [-0.1, -0.05) is 0 Å². The highest BCUT2D eigenvalue weighted by atomic mass is 16.5. The number of nitrogen functional groups attached to an aromatic ring is 1. The van der Waals surface area contributed by atoms with E-state index < -0.39 is 0 Å². The van der Waals surface area contributed by atoms with Crippen molar-refractivity contribution in [3.63, 3.8) is 0 Å². The van der Waals surface area contributed by atoms with Crippen molar-refractivity contribution in [1.29, 1.82) is 0 Å². The standard InChI is InChI=1S/C16H25N3O2/c1-18(2)11-12-6-8-19(9-7-12)13-4-5-15(17)14(10-13)16(20)21-3/h4-5,10,12H,6-9,11,17H2,1-3H3. The Bertz CT molecular complexity index is 494. The van der Waals surface area contributed by atoms with Gasteiger partial charge in [-0.15, -0.1) is 0 Å². The predicted octanol–water partition coefficient (Wildman–Crippen LogP) is 1.83. The lowest BCUT2D eigenvalue weighted by Crippen LogP contribution is -2.37. The minimum Gasteiger partial charge on any atom is -0.465 e. The number of esters is 1. The van der Waals surface area contributed by atoms with Crippen LogP contribution in [0.1, 0.15) is 23.2 Å². The first-order valence-corrected chi connectivity index (χ1v) is 7.38. The van der Waals surface area contributed by atoms with Gasteiger partial charge in [0.25, 0.3) is 0 Å². The number of hydrogen-bond acceptors (Lipinski definition) is 5.